The molecule has 3 aliphatic carbocycles. The van der Waals surface area contributed by atoms with E-state index in [9.17, 15) is 14.4 Å². The van der Waals surface area contributed by atoms with Gasteiger partial charge < -0.3 is 5.11 Å². The predicted molar refractivity (Wildman–Crippen MR) is 94.9 cm³/mol. The Labute approximate surface area is 149 Å². The number of carboxylic acids is 1. The zero-order chi connectivity index (χ0) is 18.0. The Morgan fingerprint density at radius 2 is 1.76 bits per heavy atom. The molecule has 0 aliphatic heterocycles. The van der Waals surface area contributed by atoms with Gasteiger partial charge in [-0.1, -0.05) is 31.4 Å². The largest absolute Gasteiger partial charge is 0.481 e. The zero-order valence-corrected chi connectivity index (χ0v) is 14.9. The molecule has 3 rings (SSSR count). The highest BCUT2D eigenvalue weighted by atomic mass is 16.4. The van der Waals surface area contributed by atoms with Crippen molar-refractivity contribution in [2.24, 2.45) is 29.6 Å². The molecule has 0 aromatic carbocycles. The van der Waals surface area contributed by atoms with E-state index in [0.717, 1.165) is 38.5 Å². The van der Waals surface area contributed by atoms with E-state index in [1.54, 1.807) is 0 Å². The third kappa shape index (κ3) is 4.10. The van der Waals surface area contributed by atoms with E-state index in [1.807, 2.05) is 0 Å². The Hall–Kier alpha value is -1.71. The van der Waals surface area contributed by atoms with Crippen LogP contribution in [0.4, 0.5) is 0 Å². The SMILES string of the molecule is CC1CCC(CC(=O)O)CCC2=CCC3C(=O)C=CC(=O)C3C2CC1. The van der Waals surface area contributed by atoms with E-state index in [1.165, 1.54) is 17.7 Å². The molecule has 136 valence electrons. The Bertz CT molecular complexity index is 615. The van der Waals surface area contributed by atoms with Gasteiger partial charge in [0, 0.05) is 18.3 Å². The van der Waals surface area contributed by atoms with E-state index in [0.29, 0.717) is 12.3 Å². The maximum Gasteiger partial charge on any atom is 0.303 e. The van der Waals surface area contributed by atoms with Crippen molar-refractivity contribution in [1.82, 2.24) is 0 Å². The van der Waals surface area contributed by atoms with Crippen molar-refractivity contribution < 1.29 is 19.5 Å². The molecule has 0 heterocycles. The van der Waals surface area contributed by atoms with Crippen molar-refractivity contribution in [3.8, 4) is 0 Å². The molecule has 0 radical (unpaired) electrons. The van der Waals surface area contributed by atoms with Crippen molar-refractivity contribution in [2.45, 2.75) is 58.3 Å². The smallest absolute Gasteiger partial charge is 0.303 e. The first-order chi connectivity index (χ1) is 12.0. The average molecular weight is 344 g/mol. The summed E-state index contributed by atoms with van der Waals surface area (Å²) in [7, 11) is 0. The number of allylic oxidation sites excluding steroid dienone is 4. The number of rotatable bonds is 2. The molecular weight excluding hydrogens is 316 g/mol. The molecule has 1 N–H and O–H groups in total. The summed E-state index contributed by atoms with van der Waals surface area (Å²) >= 11 is 0. The number of fused-ring (bicyclic) bond motifs is 3. The summed E-state index contributed by atoms with van der Waals surface area (Å²) < 4.78 is 0. The second-order valence-corrected chi connectivity index (χ2v) is 8.15. The zero-order valence-electron chi connectivity index (χ0n) is 14.9. The molecular formula is C21H28O4. The van der Waals surface area contributed by atoms with E-state index >= 15 is 0 Å². The van der Waals surface area contributed by atoms with Crippen molar-refractivity contribution >= 4 is 17.5 Å². The number of hydrogen-bond acceptors (Lipinski definition) is 3. The van der Waals surface area contributed by atoms with Crippen molar-refractivity contribution in [3.05, 3.63) is 23.8 Å². The Morgan fingerprint density at radius 1 is 1.04 bits per heavy atom. The highest BCUT2D eigenvalue weighted by Gasteiger charge is 2.43. The molecule has 3 aliphatic rings. The maximum atomic E-state index is 12.5. The summed E-state index contributed by atoms with van der Waals surface area (Å²) in [6, 6.07) is 0. The van der Waals surface area contributed by atoms with Crippen LogP contribution in [0.3, 0.4) is 0 Å². The molecule has 4 nitrogen and oxygen atoms in total. The molecule has 0 aromatic heterocycles. The quantitative estimate of drug-likeness (QED) is 0.770. The van der Waals surface area contributed by atoms with E-state index in [-0.39, 0.29) is 41.7 Å². The van der Waals surface area contributed by atoms with E-state index in [4.69, 9.17) is 5.11 Å². The highest BCUT2D eigenvalue weighted by Crippen LogP contribution is 2.44. The number of ketones is 2. The molecule has 0 saturated heterocycles. The monoisotopic (exact) mass is 344 g/mol. The van der Waals surface area contributed by atoms with Crippen LogP contribution in [0.5, 0.6) is 0 Å². The van der Waals surface area contributed by atoms with Gasteiger partial charge in [-0.25, -0.2) is 0 Å². The molecule has 1 fully saturated rings. The number of carbonyl (C=O) groups is 3. The van der Waals surface area contributed by atoms with Crippen LogP contribution in [0.15, 0.2) is 23.8 Å². The topological polar surface area (TPSA) is 71.4 Å². The molecule has 0 bridgehead atoms. The van der Waals surface area contributed by atoms with Crippen LogP contribution in [0, 0.1) is 29.6 Å². The fourth-order valence-corrected chi connectivity index (χ4v) is 4.92. The maximum absolute atomic E-state index is 12.5. The fourth-order valence-electron chi connectivity index (χ4n) is 4.92. The van der Waals surface area contributed by atoms with Gasteiger partial charge in [0.05, 0.1) is 0 Å². The van der Waals surface area contributed by atoms with Gasteiger partial charge in [0.1, 0.15) is 0 Å². The Morgan fingerprint density at radius 3 is 2.52 bits per heavy atom. The summed E-state index contributed by atoms with van der Waals surface area (Å²) in [6.07, 6.45) is 11.8. The standard InChI is InChI=1S/C21H28O4/c1-13-2-4-14(12-20(24)25)5-6-15-7-9-17-18(22)10-11-19(23)21(17)16(15)8-3-13/h7,10-11,13-14,16-17,21H,2-6,8-9,12H2,1H3,(H,24,25). The van der Waals surface area contributed by atoms with E-state index in [2.05, 4.69) is 13.0 Å². The average Bonchev–Trinajstić information content (AvgIpc) is 2.58. The molecule has 4 heteroatoms. The third-order valence-electron chi connectivity index (χ3n) is 6.43. The molecule has 0 spiro atoms. The predicted octanol–water partition coefficient (Wildman–Crippen LogP) is 3.95. The molecule has 25 heavy (non-hydrogen) atoms. The lowest BCUT2D eigenvalue weighted by molar-refractivity contribution is -0.138. The van der Waals surface area contributed by atoms with Gasteiger partial charge in [0.2, 0.25) is 0 Å². The fraction of sp³-hybridized carbons (Fsp3) is 0.667. The summed E-state index contributed by atoms with van der Waals surface area (Å²) in [5.41, 5.74) is 1.29. The summed E-state index contributed by atoms with van der Waals surface area (Å²) in [4.78, 5) is 35.9. The second kappa shape index (κ2) is 7.67. The highest BCUT2D eigenvalue weighted by molar-refractivity contribution is 6.07. The van der Waals surface area contributed by atoms with Gasteiger partial charge in [-0.15, -0.1) is 0 Å². The van der Waals surface area contributed by atoms with Gasteiger partial charge in [0.25, 0.3) is 0 Å². The number of aliphatic carboxylic acids is 1. The van der Waals surface area contributed by atoms with Crippen LogP contribution in [-0.4, -0.2) is 22.6 Å². The minimum atomic E-state index is -0.720. The minimum Gasteiger partial charge on any atom is -0.481 e. The van der Waals surface area contributed by atoms with Gasteiger partial charge in [-0.2, -0.15) is 0 Å². The van der Waals surface area contributed by atoms with Crippen LogP contribution < -0.4 is 0 Å². The summed E-state index contributed by atoms with van der Waals surface area (Å²) in [6.45, 7) is 2.22. The van der Waals surface area contributed by atoms with Gasteiger partial charge in [0.15, 0.2) is 11.6 Å². The molecule has 0 aromatic rings. The summed E-state index contributed by atoms with van der Waals surface area (Å²) in [5.74, 6) is -0.00246. The third-order valence-corrected chi connectivity index (χ3v) is 6.43. The van der Waals surface area contributed by atoms with Crippen LogP contribution in [0.25, 0.3) is 0 Å². The molecule has 5 unspecified atom stereocenters. The Balaban J connectivity index is 1.82. The minimum absolute atomic E-state index is 0.0915. The van der Waals surface area contributed by atoms with Gasteiger partial charge in [-0.05, 0) is 62.0 Å². The van der Waals surface area contributed by atoms with Crippen LogP contribution >= 0.6 is 0 Å². The normalized spacial score (nSPS) is 36.2. The van der Waals surface area contributed by atoms with Crippen LogP contribution in [0.1, 0.15) is 58.3 Å². The van der Waals surface area contributed by atoms with Crippen molar-refractivity contribution in [1.29, 1.82) is 0 Å². The van der Waals surface area contributed by atoms with Gasteiger partial charge >= 0.3 is 5.97 Å². The lowest BCUT2D eigenvalue weighted by Crippen LogP contribution is -2.40. The Kier molecular flexibility index (Phi) is 5.55. The van der Waals surface area contributed by atoms with Crippen molar-refractivity contribution in [2.75, 3.05) is 0 Å². The van der Waals surface area contributed by atoms with Crippen molar-refractivity contribution in [3.63, 3.8) is 0 Å². The molecule has 0 amide bonds. The van der Waals surface area contributed by atoms with Crippen LogP contribution in [0.2, 0.25) is 0 Å². The first-order valence-electron chi connectivity index (χ1n) is 9.62. The number of hydrogen-bond donors (Lipinski definition) is 1. The van der Waals surface area contributed by atoms with Gasteiger partial charge in [-0.3, -0.25) is 14.4 Å². The van der Waals surface area contributed by atoms with Crippen LogP contribution in [-0.2, 0) is 14.4 Å². The summed E-state index contributed by atoms with van der Waals surface area (Å²) in [5, 5.41) is 9.17. The first-order valence-corrected chi connectivity index (χ1v) is 9.62. The number of carboxylic acid groups (broad SMARTS) is 1. The first kappa shape index (κ1) is 18.1. The lowest BCUT2D eigenvalue weighted by Gasteiger charge is -2.39. The second-order valence-electron chi connectivity index (χ2n) is 8.15. The number of carbonyl (C=O) groups excluding carboxylic acids is 2. The lowest BCUT2D eigenvalue weighted by atomic mass is 9.63. The van der Waals surface area contributed by atoms with E-state index < -0.39 is 5.97 Å². The molecule has 1 saturated carbocycles. The molecule has 5 atom stereocenters.